The van der Waals surface area contributed by atoms with Crippen LogP contribution in [0.25, 0.3) is 11.1 Å². The van der Waals surface area contributed by atoms with Crippen LogP contribution in [-0.4, -0.2) is 67.8 Å². The van der Waals surface area contributed by atoms with Crippen LogP contribution in [0.15, 0.2) is 72.8 Å². The van der Waals surface area contributed by atoms with Crippen molar-refractivity contribution >= 4 is 23.2 Å². The number of halogens is 1. The van der Waals surface area contributed by atoms with Crippen LogP contribution in [0.5, 0.6) is 11.5 Å². The molecule has 0 saturated carbocycles. The number of nitriles is 1. The Hall–Kier alpha value is -4.59. The zero-order valence-electron chi connectivity index (χ0n) is 30.1. The van der Waals surface area contributed by atoms with Crippen LogP contribution >= 0.6 is 11.6 Å². The molecule has 1 saturated heterocycles. The lowest BCUT2D eigenvalue weighted by atomic mass is 9.92. The van der Waals surface area contributed by atoms with Crippen LogP contribution in [0.3, 0.4) is 0 Å². The van der Waals surface area contributed by atoms with Gasteiger partial charge in [-0.3, -0.25) is 4.79 Å². The van der Waals surface area contributed by atoms with Crippen LogP contribution in [0, 0.1) is 18.3 Å². The van der Waals surface area contributed by atoms with Gasteiger partial charge in [0, 0.05) is 70.1 Å². The summed E-state index contributed by atoms with van der Waals surface area (Å²) in [6.07, 6.45) is 2.81. The number of fused-ring (bicyclic) bond motifs is 1. The zero-order chi connectivity index (χ0) is 36.5. The van der Waals surface area contributed by atoms with Gasteiger partial charge in [-0.05, 0) is 90.4 Å². The summed E-state index contributed by atoms with van der Waals surface area (Å²) in [5.41, 5.74) is 9.76. The van der Waals surface area contributed by atoms with Crippen molar-refractivity contribution in [3.05, 3.63) is 111 Å². The Bertz CT molecular complexity index is 1910. The normalized spacial score (nSPS) is 15.4. The number of carbonyl (C=O) groups excluding carboxylic acids is 1. The van der Waals surface area contributed by atoms with E-state index < -0.39 is 0 Å². The van der Waals surface area contributed by atoms with E-state index in [1.54, 1.807) is 6.07 Å². The molecule has 0 spiro atoms. The number of carbonyl (C=O) groups is 1. The topological polar surface area (TPSA) is 110 Å². The molecule has 1 fully saturated rings. The largest absolute Gasteiger partial charge is 0.488 e. The van der Waals surface area contributed by atoms with Crippen molar-refractivity contribution in [2.45, 2.75) is 59.0 Å². The van der Waals surface area contributed by atoms with Gasteiger partial charge in [0.05, 0.1) is 22.8 Å². The first-order valence-electron chi connectivity index (χ1n) is 18.2. The van der Waals surface area contributed by atoms with Gasteiger partial charge < -0.3 is 35.0 Å². The van der Waals surface area contributed by atoms with E-state index in [4.69, 9.17) is 21.1 Å². The van der Waals surface area contributed by atoms with Gasteiger partial charge in [-0.15, -0.1) is 0 Å². The molecule has 1 unspecified atom stereocenters. The highest BCUT2D eigenvalue weighted by Crippen LogP contribution is 2.39. The molecule has 0 radical (unpaired) electrons. The van der Waals surface area contributed by atoms with Crippen molar-refractivity contribution in [3.8, 4) is 28.7 Å². The zero-order valence-corrected chi connectivity index (χ0v) is 30.8. The van der Waals surface area contributed by atoms with E-state index in [-0.39, 0.29) is 18.6 Å². The second kappa shape index (κ2) is 17.8. The molecular weight excluding hydrogens is 674 g/mol. The highest BCUT2D eigenvalue weighted by Gasteiger charge is 2.24. The molecule has 3 N–H and O–H groups in total. The molecule has 52 heavy (non-hydrogen) atoms. The number of nitrogens with one attached hydrogen (secondary N) is 2. The third-order valence-electron chi connectivity index (χ3n) is 9.95. The fraction of sp³-hybridized carbons (Fsp3) is 0.381. The van der Waals surface area contributed by atoms with Gasteiger partial charge in [0.2, 0.25) is 5.91 Å². The standard InChI is InChI=1S/C42H48ClN5O4/c1-29-33(9-4-10-36(29)37-11-5-12-40-38(37)14-20-48(40)18-6-17-47-19-13-35(50)26-47)28-52-42-23-41(51-27-32-8-3-7-31(21-32)24-44)34(22-39(42)43)25-45-15-16-46-30(2)49/h3-5,7-12,21-23,35,45,50H,6,13-20,25-28H2,1-2H3,(H,46,49). The van der Waals surface area contributed by atoms with Crippen LogP contribution < -0.4 is 25.0 Å². The summed E-state index contributed by atoms with van der Waals surface area (Å²) >= 11 is 6.81. The predicted molar refractivity (Wildman–Crippen MR) is 206 cm³/mol. The summed E-state index contributed by atoms with van der Waals surface area (Å²) in [7, 11) is 0. The third-order valence-corrected chi connectivity index (χ3v) is 10.2. The molecule has 4 aromatic rings. The minimum Gasteiger partial charge on any atom is -0.488 e. The molecule has 272 valence electrons. The summed E-state index contributed by atoms with van der Waals surface area (Å²) < 4.78 is 12.7. The maximum absolute atomic E-state index is 11.3. The Morgan fingerprint density at radius 3 is 2.58 bits per heavy atom. The molecule has 9 nitrogen and oxygen atoms in total. The van der Waals surface area contributed by atoms with E-state index >= 15 is 0 Å². The van der Waals surface area contributed by atoms with Gasteiger partial charge in [0.15, 0.2) is 0 Å². The quantitative estimate of drug-likeness (QED) is 0.114. The molecule has 1 atom stereocenters. The lowest BCUT2D eigenvalue weighted by Crippen LogP contribution is -2.30. The average molecular weight is 722 g/mol. The maximum atomic E-state index is 11.3. The number of likely N-dealkylation sites (tertiary alicyclic amines) is 1. The number of aliphatic hydroxyl groups is 1. The minimum atomic E-state index is -0.171. The second-order valence-corrected chi connectivity index (χ2v) is 14.1. The predicted octanol–water partition coefficient (Wildman–Crippen LogP) is 6.39. The highest BCUT2D eigenvalue weighted by molar-refractivity contribution is 6.32. The summed E-state index contributed by atoms with van der Waals surface area (Å²) in [6.45, 7) is 10.7. The molecule has 2 aliphatic heterocycles. The van der Waals surface area contributed by atoms with E-state index in [2.05, 4.69) is 69.8 Å². The molecule has 10 heteroatoms. The van der Waals surface area contributed by atoms with E-state index in [1.165, 1.54) is 34.9 Å². The van der Waals surface area contributed by atoms with Crippen LogP contribution in [0.2, 0.25) is 5.02 Å². The van der Waals surface area contributed by atoms with Crippen molar-refractivity contribution in [1.29, 1.82) is 5.26 Å². The Morgan fingerprint density at radius 1 is 0.962 bits per heavy atom. The summed E-state index contributed by atoms with van der Waals surface area (Å²) in [5.74, 6) is 1.08. The molecule has 1 amide bonds. The Kier molecular flexibility index (Phi) is 12.7. The fourth-order valence-electron chi connectivity index (χ4n) is 7.17. The number of rotatable bonds is 16. The van der Waals surface area contributed by atoms with E-state index in [0.29, 0.717) is 48.3 Å². The lowest BCUT2D eigenvalue weighted by molar-refractivity contribution is -0.118. The molecule has 4 aromatic carbocycles. The van der Waals surface area contributed by atoms with Crippen LogP contribution in [0.1, 0.15) is 53.1 Å². The fourth-order valence-corrected chi connectivity index (χ4v) is 7.41. The molecule has 2 heterocycles. The SMILES string of the molecule is CC(=O)NCCNCc1cc(Cl)c(OCc2cccc(-c3cccc4c3CCN4CCCN3CCC(O)C3)c2C)cc1OCc1cccc(C#N)c1. The number of β-amino-alcohol motifs (C(OH)–C–C–N with tert-alkyl or cyclic N) is 1. The number of hydrogen-bond acceptors (Lipinski definition) is 8. The van der Waals surface area contributed by atoms with Crippen LogP contribution in [0.4, 0.5) is 5.69 Å². The number of amides is 1. The first-order chi connectivity index (χ1) is 25.3. The number of aliphatic hydroxyl groups excluding tert-OH is 1. The first-order valence-corrected chi connectivity index (χ1v) is 18.5. The summed E-state index contributed by atoms with van der Waals surface area (Å²) in [5, 5.41) is 25.8. The van der Waals surface area contributed by atoms with E-state index in [1.807, 2.05) is 30.3 Å². The van der Waals surface area contributed by atoms with Crippen molar-refractivity contribution in [2.75, 3.05) is 50.7 Å². The van der Waals surface area contributed by atoms with Gasteiger partial charge in [-0.2, -0.15) is 5.26 Å². The van der Waals surface area contributed by atoms with Gasteiger partial charge in [0.25, 0.3) is 0 Å². The minimum absolute atomic E-state index is 0.0722. The van der Waals surface area contributed by atoms with Crippen molar-refractivity contribution in [3.63, 3.8) is 0 Å². The third kappa shape index (κ3) is 9.44. The Morgan fingerprint density at radius 2 is 1.77 bits per heavy atom. The van der Waals surface area contributed by atoms with Crippen molar-refractivity contribution < 1.29 is 19.4 Å². The van der Waals surface area contributed by atoms with E-state index in [0.717, 1.165) is 68.7 Å². The van der Waals surface area contributed by atoms with Gasteiger partial charge in [0.1, 0.15) is 24.7 Å². The molecule has 0 aromatic heterocycles. The van der Waals surface area contributed by atoms with Crippen molar-refractivity contribution in [2.24, 2.45) is 0 Å². The van der Waals surface area contributed by atoms with Gasteiger partial charge in [-0.1, -0.05) is 54.1 Å². The number of benzene rings is 4. The first kappa shape index (κ1) is 37.2. The number of anilines is 1. The smallest absolute Gasteiger partial charge is 0.216 e. The van der Waals surface area contributed by atoms with E-state index in [9.17, 15) is 15.2 Å². The maximum Gasteiger partial charge on any atom is 0.216 e. The van der Waals surface area contributed by atoms with Gasteiger partial charge >= 0.3 is 0 Å². The highest BCUT2D eigenvalue weighted by atomic mass is 35.5. The lowest BCUT2D eigenvalue weighted by Gasteiger charge is -2.22. The molecular formula is C42H48ClN5O4. The molecule has 6 rings (SSSR count). The molecule has 0 bridgehead atoms. The average Bonchev–Trinajstić information content (AvgIpc) is 3.76. The number of hydrogen-bond donors (Lipinski definition) is 3. The Labute approximate surface area is 312 Å². The second-order valence-electron chi connectivity index (χ2n) is 13.7. The monoisotopic (exact) mass is 721 g/mol. The van der Waals surface area contributed by atoms with Crippen LogP contribution in [-0.2, 0) is 31.0 Å². The molecule has 2 aliphatic rings. The van der Waals surface area contributed by atoms with Gasteiger partial charge in [-0.25, -0.2) is 0 Å². The number of nitrogens with zero attached hydrogens (tertiary/aromatic N) is 3. The Balaban J connectivity index is 1.15. The summed E-state index contributed by atoms with van der Waals surface area (Å²) in [6, 6.07) is 26.3. The van der Waals surface area contributed by atoms with Crippen molar-refractivity contribution in [1.82, 2.24) is 15.5 Å². The molecule has 0 aliphatic carbocycles. The summed E-state index contributed by atoms with van der Waals surface area (Å²) in [4.78, 5) is 16.1. The number of ether oxygens (including phenoxy) is 2.